The monoisotopic (exact) mass is 344 g/mol. The number of rotatable bonds is 5. The zero-order valence-electron chi connectivity index (χ0n) is 13.4. The molecule has 1 amide bonds. The number of methoxy groups -OCH3 is 2. The number of thiophene rings is 1. The summed E-state index contributed by atoms with van der Waals surface area (Å²) in [5.41, 5.74) is 1.64. The number of hydrogen-bond donors (Lipinski definition) is 2. The van der Waals surface area contributed by atoms with Crippen molar-refractivity contribution < 1.29 is 14.3 Å². The molecule has 0 aliphatic carbocycles. The fraction of sp³-hybridized carbons (Fsp3) is 0.188. The van der Waals surface area contributed by atoms with Gasteiger partial charge in [-0.3, -0.25) is 15.2 Å². The van der Waals surface area contributed by atoms with E-state index in [4.69, 9.17) is 9.47 Å². The lowest BCUT2D eigenvalue weighted by Gasteiger charge is -2.07. The molecule has 2 heterocycles. The van der Waals surface area contributed by atoms with Gasteiger partial charge in [0, 0.05) is 6.07 Å². The van der Waals surface area contributed by atoms with Gasteiger partial charge in [0.2, 0.25) is 5.95 Å². The van der Waals surface area contributed by atoms with Crippen molar-refractivity contribution in [2.75, 3.05) is 19.5 Å². The first-order valence-electron chi connectivity index (χ1n) is 7.12. The highest BCUT2D eigenvalue weighted by molar-refractivity contribution is 7.12. The molecule has 0 unspecified atom stereocenters. The van der Waals surface area contributed by atoms with E-state index >= 15 is 0 Å². The standard InChI is InChI=1S/C16H16N4O3S/c1-9-6-7-24-13(9)15(21)18-16-17-14(19-20-16)11-5-4-10(22-2)8-12(11)23-3/h4-8H,1-3H3,(H2,17,18,19,20,21). The van der Waals surface area contributed by atoms with Crippen LogP contribution in [-0.4, -0.2) is 35.3 Å². The highest BCUT2D eigenvalue weighted by Crippen LogP contribution is 2.31. The first kappa shape index (κ1) is 16.0. The lowest BCUT2D eigenvalue weighted by molar-refractivity contribution is 0.102. The molecular formula is C16H16N4O3S. The van der Waals surface area contributed by atoms with Gasteiger partial charge < -0.3 is 9.47 Å². The van der Waals surface area contributed by atoms with E-state index in [1.165, 1.54) is 11.3 Å². The number of nitrogens with one attached hydrogen (secondary N) is 2. The molecule has 2 aromatic heterocycles. The van der Waals surface area contributed by atoms with Crippen molar-refractivity contribution in [3.63, 3.8) is 0 Å². The fourth-order valence-electron chi connectivity index (χ4n) is 2.20. The number of nitrogens with zero attached hydrogens (tertiary/aromatic N) is 2. The van der Waals surface area contributed by atoms with E-state index in [-0.39, 0.29) is 11.9 Å². The molecule has 1 aromatic carbocycles. The molecule has 8 heteroatoms. The topological polar surface area (TPSA) is 89.1 Å². The average molecular weight is 344 g/mol. The SMILES string of the molecule is COc1ccc(-c2nc(NC(=O)c3sccc3C)n[nH]2)c(OC)c1. The van der Waals surface area contributed by atoms with E-state index in [9.17, 15) is 4.79 Å². The molecule has 0 aliphatic rings. The number of amides is 1. The first-order valence-corrected chi connectivity index (χ1v) is 8.00. The van der Waals surface area contributed by atoms with Crippen molar-refractivity contribution in [2.24, 2.45) is 0 Å². The summed E-state index contributed by atoms with van der Waals surface area (Å²) in [5.74, 6) is 1.75. The van der Waals surface area contributed by atoms with Gasteiger partial charge in [0.1, 0.15) is 11.5 Å². The van der Waals surface area contributed by atoms with Gasteiger partial charge >= 0.3 is 0 Å². The van der Waals surface area contributed by atoms with Crippen molar-refractivity contribution in [2.45, 2.75) is 6.92 Å². The van der Waals surface area contributed by atoms with Gasteiger partial charge in [-0.1, -0.05) is 0 Å². The normalized spacial score (nSPS) is 10.5. The van der Waals surface area contributed by atoms with E-state index in [0.29, 0.717) is 22.2 Å². The van der Waals surface area contributed by atoms with Crippen LogP contribution in [-0.2, 0) is 0 Å². The van der Waals surface area contributed by atoms with E-state index in [0.717, 1.165) is 11.1 Å². The summed E-state index contributed by atoms with van der Waals surface area (Å²) in [4.78, 5) is 17.2. The number of aryl methyl sites for hydroxylation is 1. The van der Waals surface area contributed by atoms with E-state index in [1.807, 2.05) is 24.4 Å². The Morgan fingerprint density at radius 3 is 2.75 bits per heavy atom. The maximum Gasteiger partial charge on any atom is 0.268 e. The number of ether oxygens (including phenoxy) is 2. The van der Waals surface area contributed by atoms with Gasteiger partial charge in [-0.2, -0.15) is 4.98 Å². The Kier molecular flexibility index (Phi) is 4.48. The number of benzene rings is 1. The number of hydrogen-bond acceptors (Lipinski definition) is 6. The van der Waals surface area contributed by atoms with Crippen molar-refractivity contribution in [3.8, 4) is 22.9 Å². The second-order valence-electron chi connectivity index (χ2n) is 4.96. The molecule has 3 rings (SSSR count). The predicted octanol–water partition coefficient (Wildman–Crippen LogP) is 3.11. The Hall–Kier alpha value is -2.87. The third-order valence-electron chi connectivity index (χ3n) is 3.44. The zero-order valence-corrected chi connectivity index (χ0v) is 14.2. The largest absolute Gasteiger partial charge is 0.497 e. The molecular weight excluding hydrogens is 328 g/mol. The third kappa shape index (κ3) is 3.09. The highest BCUT2D eigenvalue weighted by Gasteiger charge is 2.16. The second kappa shape index (κ2) is 6.71. The lowest BCUT2D eigenvalue weighted by Crippen LogP contribution is -2.12. The highest BCUT2D eigenvalue weighted by atomic mass is 32.1. The quantitative estimate of drug-likeness (QED) is 0.742. The summed E-state index contributed by atoms with van der Waals surface area (Å²) < 4.78 is 10.5. The van der Waals surface area contributed by atoms with Crippen LogP contribution in [0.1, 0.15) is 15.2 Å². The van der Waals surface area contributed by atoms with Crippen LogP contribution < -0.4 is 14.8 Å². The molecule has 7 nitrogen and oxygen atoms in total. The molecule has 124 valence electrons. The number of H-pyrrole nitrogens is 1. The zero-order chi connectivity index (χ0) is 17.1. The van der Waals surface area contributed by atoms with Crippen LogP contribution in [0.15, 0.2) is 29.6 Å². The van der Waals surface area contributed by atoms with Gasteiger partial charge in [0.15, 0.2) is 5.82 Å². The summed E-state index contributed by atoms with van der Waals surface area (Å²) >= 11 is 1.38. The Morgan fingerprint density at radius 1 is 1.25 bits per heavy atom. The summed E-state index contributed by atoms with van der Waals surface area (Å²) in [6, 6.07) is 7.26. The minimum atomic E-state index is -0.227. The first-order chi connectivity index (χ1) is 11.6. The Bertz CT molecular complexity index is 872. The smallest absolute Gasteiger partial charge is 0.268 e. The lowest BCUT2D eigenvalue weighted by atomic mass is 10.2. The summed E-state index contributed by atoms with van der Waals surface area (Å²) in [6.45, 7) is 1.89. The molecule has 0 fully saturated rings. The number of carbonyl (C=O) groups excluding carboxylic acids is 1. The van der Waals surface area contributed by atoms with Crippen molar-refractivity contribution >= 4 is 23.2 Å². The van der Waals surface area contributed by atoms with Crippen molar-refractivity contribution in [3.05, 3.63) is 40.1 Å². The molecule has 0 aliphatic heterocycles. The molecule has 0 radical (unpaired) electrons. The molecule has 3 aromatic rings. The second-order valence-corrected chi connectivity index (χ2v) is 5.88. The summed E-state index contributed by atoms with van der Waals surface area (Å²) in [6.07, 6.45) is 0. The Labute approximate surface area is 142 Å². The summed E-state index contributed by atoms with van der Waals surface area (Å²) in [5, 5.41) is 11.4. The van der Waals surface area contributed by atoms with E-state index < -0.39 is 0 Å². The van der Waals surface area contributed by atoms with Gasteiger partial charge in [0.25, 0.3) is 5.91 Å². The van der Waals surface area contributed by atoms with Crippen LogP contribution in [0.25, 0.3) is 11.4 Å². The average Bonchev–Trinajstić information content (AvgIpc) is 3.23. The predicted molar refractivity (Wildman–Crippen MR) is 91.9 cm³/mol. The molecule has 2 N–H and O–H groups in total. The van der Waals surface area contributed by atoms with Crippen LogP contribution in [0.2, 0.25) is 0 Å². The Morgan fingerprint density at radius 2 is 2.08 bits per heavy atom. The van der Waals surface area contributed by atoms with Crippen molar-refractivity contribution in [1.29, 1.82) is 0 Å². The van der Waals surface area contributed by atoms with Crippen molar-refractivity contribution in [1.82, 2.24) is 15.2 Å². The van der Waals surface area contributed by atoms with Gasteiger partial charge in [-0.05, 0) is 36.1 Å². The molecule has 0 spiro atoms. The van der Waals surface area contributed by atoms with E-state index in [1.54, 1.807) is 26.4 Å². The number of anilines is 1. The number of aromatic amines is 1. The minimum absolute atomic E-state index is 0.209. The van der Waals surface area contributed by atoms with Crippen LogP contribution in [0.3, 0.4) is 0 Å². The Balaban J connectivity index is 1.83. The van der Waals surface area contributed by atoms with Gasteiger partial charge in [-0.15, -0.1) is 16.4 Å². The molecule has 0 atom stereocenters. The molecule has 0 saturated heterocycles. The number of carbonyl (C=O) groups is 1. The van der Waals surface area contributed by atoms with Crippen LogP contribution in [0, 0.1) is 6.92 Å². The maximum atomic E-state index is 12.2. The van der Waals surface area contributed by atoms with Crippen LogP contribution in [0.4, 0.5) is 5.95 Å². The molecule has 0 bridgehead atoms. The van der Waals surface area contributed by atoms with Gasteiger partial charge in [-0.25, -0.2) is 0 Å². The maximum absolute atomic E-state index is 12.2. The van der Waals surface area contributed by atoms with E-state index in [2.05, 4.69) is 20.5 Å². The fourth-order valence-corrected chi connectivity index (χ4v) is 3.02. The number of aromatic nitrogens is 3. The summed E-state index contributed by atoms with van der Waals surface area (Å²) in [7, 11) is 3.15. The molecule has 0 saturated carbocycles. The minimum Gasteiger partial charge on any atom is -0.497 e. The van der Waals surface area contributed by atoms with Crippen LogP contribution in [0.5, 0.6) is 11.5 Å². The van der Waals surface area contributed by atoms with Gasteiger partial charge in [0.05, 0.1) is 24.7 Å². The third-order valence-corrected chi connectivity index (χ3v) is 4.46. The van der Waals surface area contributed by atoms with Crippen LogP contribution >= 0.6 is 11.3 Å². The molecule has 24 heavy (non-hydrogen) atoms.